The zero-order valence-corrected chi connectivity index (χ0v) is 15.2. The first-order chi connectivity index (χ1) is 13.5. The first-order valence-corrected chi connectivity index (χ1v) is 8.53. The first-order valence-electron chi connectivity index (χ1n) is 8.15. The molecule has 7 nitrogen and oxygen atoms in total. The summed E-state index contributed by atoms with van der Waals surface area (Å²) in [6.07, 6.45) is 0.0934. The Labute approximate surface area is 162 Å². The number of aromatic amines is 1. The number of H-pyrrole nitrogens is 1. The average molecular weight is 403 g/mol. The lowest BCUT2D eigenvalue weighted by Crippen LogP contribution is -2.18. The molecule has 142 valence electrons. The number of benzene rings is 1. The van der Waals surface area contributed by atoms with Gasteiger partial charge in [0.15, 0.2) is 0 Å². The molecule has 4 rings (SSSR count). The van der Waals surface area contributed by atoms with E-state index in [0.717, 1.165) is 0 Å². The van der Waals surface area contributed by atoms with Gasteiger partial charge >= 0.3 is 0 Å². The van der Waals surface area contributed by atoms with Crippen molar-refractivity contribution in [1.29, 1.82) is 0 Å². The van der Waals surface area contributed by atoms with Gasteiger partial charge in [-0.05, 0) is 0 Å². The molecule has 0 saturated heterocycles. The summed E-state index contributed by atoms with van der Waals surface area (Å²) in [5, 5.41) is 7.29. The number of anilines is 1. The molecule has 1 aromatic carbocycles. The molecule has 0 radical (unpaired) electrons. The summed E-state index contributed by atoms with van der Waals surface area (Å²) < 4.78 is 28.0. The summed E-state index contributed by atoms with van der Waals surface area (Å²) in [4.78, 5) is 23.3. The Morgan fingerprint density at radius 3 is 2.79 bits per heavy atom. The summed E-state index contributed by atoms with van der Waals surface area (Å²) in [5.41, 5.74) is 1.10. The zero-order chi connectivity index (χ0) is 19.8. The number of fused-ring (bicyclic) bond motifs is 1. The van der Waals surface area contributed by atoms with Crippen molar-refractivity contribution in [2.75, 3.05) is 5.32 Å². The number of hydrogen-bond acceptors (Lipinski definition) is 4. The number of aryl methyl sites for hydroxylation is 1. The van der Waals surface area contributed by atoms with Crippen LogP contribution in [0.3, 0.4) is 0 Å². The second kappa shape index (κ2) is 7.01. The van der Waals surface area contributed by atoms with Crippen molar-refractivity contribution in [3.8, 4) is 11.3 Å². The number of alkyl halides is 2. The van der Waals surface area contributed by atoms with Crippen molar-refractivity contribution < 1.29 is 13.6 Å². The van der Waals surface area contributed by atoms with Crippen LogP contribution in [0, 0.1) is 0 Å². The Balaban J connectivity index is 1.72. The topological polar surface area (TPSA) is 88.5 Å². The summed E-state index contributed by atoms with van der Waals surface area (Å²) in [6.45, 7) is 0. The van der Waals surface area contributed by atoms with Gasteiger partial charge in [-0.1, -0.05) is 35.9 Å². The van der Waals surface area contributed by atoms with Crippen molar-refractivity contribution in [2.24, 2.45) is 7.05 Å². The van der Waals surface area contributed by atoms with Crippen LogP contribution in [0.15, 0.2) is 42.9 Å². The predicted molar refractivity (Wildman–Crippen MR) is 100 cm³/mol. The highest BCUT2D eigenvalue weighted by atomic mass is 35.5. The second-order valence-corrected chi connectivity index (χ2v) is 6.36. The largest absolute Gasteiger partial charge is 0.353 e. The van der Waals surface area contributed by atoms with Crippen LogP contribution in [-0.4, -0.2) is 30.6 Å². The zero-order valence-electron chi connectivity index (χ0n) is 14.4. The molecule has 0 aliphatic carbocycles. The van der Waals surface area contributed by atoms with Crippen molar-refractivity contribution in [2.45, 2.75) is 6.43 Å². The molecule has 1 amide bonds. The van der Waals surface area contributed by atoms with Crippen LogP contribution in [0.1, 0.15) is 22.6 Å². The molecule has 0 unspecified atom stereocenters. The lowest BCUT2D eigenvalue weighted by atomic mass is 10.0. The van der Waals surface area contributed by atoms with Crippen molar-refractivity contribution in [1.82, 2.24) is 24.7 Å². The number of pyridine rings is 1. The fourth-order valence-electron chi connectivity index (χ4n) is 2.90. The van der Waals surface area contributed by atoms with Crippen LogP contribution in [0.2, 0.25) is 5.02 Å². The monoisotopic (exact) mass is 402 g/mol. The lowest BCUT2D eigenvalue weighted by Gasteiger charge is -2.07. The van der Waals surface area contributed by atoms with E-state index in [0.29, 0.717) is 22.2 Å². The van der Waals surface area contributed by atoms with E-state index in [2.05, 4.69) is 25.4 Å². The minimum atomic E-state index is -2.64. The number of rotatable bonds is 4. The normalized spacial score (nSPS) is 11.3. The van der Waals surface area contributed by atoms with E-state index in [9.17, 15) is 13.6 Å². The molecular weight excluding hydrogens is 390 g/mol. The summed E-state index contributed by atoms with van der Waals surface area (Å²) in [6, 6.07) is 7.70. The van der Waals surface area contributed by atoms with Gasteiger partial charge in [0.25, 0.3) is 12.3 Å². The number of aromatic nitrogens is 5. The summed E-state index contributed by atoms with van der Waals surface area (Å²) in [7, 11) is 1.59. The maximum atomic E-state index is 13.3. The molecule has 0 aliphatic heterocycles. The highest BCUT2D eigenvalue weighted by Crippen LogP contribution is 2.38. The van der Waals surface area contributed by atoms with Gasteiger partial charge in [0, 0.05) is 35.8 Å². The number of carbonyl (C=O) groups is 1. The third kappa shape index (κ3) is 3.09. The Morgan fingerprint density at radius 2 is 2.07 bits per heavy atom. The Kier molecular flexibility index (Phi) is 4.52. The van der Waals surface area contributed by atoms with Crippen LogP contribution < -0.4 is 5.32 Å². The third-order valence-corrected chi connectivity index (χ3v) is 4.63. The fourth-order valence-corrected chi connectivity index (χ4v) is 3.20. The molecule has 3 heterocycles. The van der Waals surface area contributed by atoms with Gasteiger partial charge in [0.1, 0.15) is 12.1 Å². The summed E-state index contributed by atoms with van der Waals surface area (Å²) in [5.74, 6) is -0.0992. The minimum absolute atomic E-state index is 0.123. The molecule has 0 saturated carbocycles. The van der Waals surface area contributed by atoms with Crippen LogP contribution in [0.4, 0.5) is 14.6 Å². The molecular formula is C18H13ClF2N6O. The quantitative estimate of drug-likeness (QED) is 0.535. The van der Waals surface area contributed by atoms with Gasteiger partial charge in [0.05, 0.1) is 16.2 Å². The Hall–Kier alpha value is -3.33. The van der Waals surface area contributed by atoms with E-state index in [1.807, 2.05) is 0 Å². The molecule has 0 aliphatic rings. The van der Waals surface area contributed by atoms with Gasteiger partial charge in [-0.15, -0.1) is 0 Å². The van der Waals surface area contributed by atoms with E-state index < -0.39 is 12.3 Å². The predicted octanol–water partition coefficient (Wildman–Crippen LogP) is 4.20. The number of nitrogens with one attached hydrogen (secondary N) is 2. The number of carbonyl (C=O) groups excluding carboxylic acids is 1. The van der Waals surface area contributed by atoms with Gasteiger partial charge in [0.2, 0.25) is 5.82 Å². The van der Waals surface area contributed by atoms with Crippen LogP contribution in [0.5, 0.6) is 0 Å². The minimum Gasteiger partial charge on any atom is -0.353 e. The van der Waals surface area contributed by atoms with E-state index in [1.165, 1.54) is 23.3 Å². The van der Waals surface area contributed by atoms with E-state index in [4.69, 9.17) is 11.6 Å². The molecule has 10 heteroatoms. The van der Waals surface area contributed by atoms with Crippen molar-refractivity contribution in [3.63, 3.8) is 0 Å². The smallest absolute Gasteiger partial charge is 0.294 e. The molecule has 3 aromatic heterocycles. The van der Waals surface area contributed by atoms with Crippen molar-refractivity contribution >= 4 is 34.2 Å². The Morgan fingerprint density at radius 1 is 1.29 bits per heavy atom. The molecule has 0 atom stereocenters. The van der Waals surface area contributed by atoms with Gasteiger partial charge < -0.3 is 10.3 Å². The van der Waals surface area contributed by atoms with Gasteiger partial charge in [-0.25, -0.2) is 23.4 Å². The molecule has 0 fully saturated rings. The number of halogens is 3. The van der Waals surface area contributed by atoms with Gasteiger partial charge in [-0.3, -0.25) is 4.79 Å². The second-order valence-electron chi connectivity index (χ2n) is 5.98. The van der Waals surface area contributed by atoms with E-state index in [1.54, 1.807) is 31.3 Å². The molecule has 2 N–H and O–H groups in total. The number of hydrogen-bond donors (Lipinski definition) is 2. The van der Waals surface area contributed by atoms with E-state index in [-0.39, 0.29) is 22.2 Å². The van der Waals surface area contributed by atoms with Crippen LogP contribution in [0.25, 0.3) is 22.2 Å². The maximum Gasteiger partial charge on any atom is 0.294 e. The standard InChI is InChI=1S/C18H13ClF2N6O/c1-27-17(23-8-24-27)18(28)26-13-6-12-11(7-22-13)14(19)15(25-12)9-4-2-3-5-10(9)16(20)21/h2-8,16,25H,1H3,(H,22,26,28). The highest BCUT2D eigenvalue weighted by Gasteiger charge is 2.20. The lowest BCUT2D eigenvalue weighted by molar-refractivity contribution is 0.101. The maximum absolute atomic E-state index is 13.3. The summed E-state index contributed by atoms with van der Waals surface area (Å²) >= 11 is 6.40. The van der Waals surface area contributed by atoms with Crippen molar-refractivity contribution in [3.05, 3.63) is 59.3 Å². The SMILES string of the molecule is Cn1ncnc1C(=O)Nc1cc2[nH]c(-c3ccccc3C(F)F)c(Cl)c2cn1. The molecule has 4 aromatic rings. The number of amides is 1. The highest BCUT2D eigenvalue weighted by molar-refractivity contribution is 6.38. The third-order valence-electron chi connectivity index (χ3n) is 4.24. The van der Waals surface area contributed by atoms with Gasteiger partial charge in [-0.2, -0.15) is 5.10 Å². The average Bonchev–Trinajstić information content (AvgIpc) is 3.25. The Bertz CT molecular complexity index is 1190. The molecule has 0 spiro atoms. The van der Waals surface area contributed by atoms with Crippen LogP contribution in [-0.2, 0) is 7.05 Å². The van der Waals surface area contributed by atoms with E-state index >= 15 is 0 Å². The molecule has 0 bridgehead atoms. The first kappa shape index (κ1) is 18.1. The van der Waals surface area contributed by atoms with Crippen LogP contribution >= 0.6 is 11.6 Å². The molecule has 28 heavy (non-hydrogen) atoms. The number of nitrogens with zero attached hydrogens (tertiary/aromatic N) is 4. The fraction of sp³-hybridized carbons (Fsp3) is 0.111.